The number of ether oxygens (including phenoxy) is 1. The van der Waals surface area contributed by atoms with E-state index in [0.717, 1.165) is 21.8 Å². The topological polar surface area (TPSA) is 71.5 Å². The first-order valence-electron chi connectivity index (χ1n) is 11.1. The zero-order valence-electron chi connectivity index (χ0n) is 19.1. The second-order valence-electron chi connectivity index (χ2n) is 8.20. The average molecular weight is 504 g/mol. The van der Waals surface area contributed by atoms with Crippen molar-refractivity contribution in [1.82, 2.24) is 4.98 Å². The molecule has 1 aliphatic heterocycles. The van der Waals surface area contributed by atoms with E-state index >= 15 is 0 Å². The lowest BCUT2D eigenvalue weighted by atomic mass is 10.1. The summed E-state index contributed by atoms with van der Waals surface area (Å²) in [5.41, 5.74) is 3.68. The molecule has 1 aliphatic rings. The zero-order chi connectivity index (χ0) is 24.5. The monoisotopic (exact) mass is 503 g/mol. The van der Waals surface area contributed by atoms with Gasteiger partial charge in [-0.1, -0.05) is 54.1 Å². The van der Waals surface area contributed by atoms with Crippen LogP contribution in [-0.2, 0) is 9.59 Å². The van der Waals surface area contributed by atoms with Crippen molar-refractivity contribution in [3.63, 3.8) is 0 Å². The number of fused-ring (bicyclic) bond motifs is 1. The Morgan fingerprint density at radius 2 is 1.83 bits per heavy atom. The highest BCUT2D eigenvalue weighted by atomic mass is 35.5. The third kappa shape index (κ3) is 4.52. The van der Waals surface area contributed by atoms with Crippen LogP contribution in [0.25, 0.3) is 21.8 Å². The Labute approximate surface area is 212 Å². The molecule has 8 heteroatoms. The van der Waals surface area contributed by atoms with Crippen molar-refractivity contribution in [2.24, 2.45) is 0 Å². The van der Waals surface area contributed by atoms with Gasteiger partial charge in [0.15, 0.2) is 6.10 Å². The smallest absolute Gasteiger partial charge is 0.268 e. The quantitative estimate of drug-likeness (QED) is 0.348. The highest BCUT2D eigenvalue weighted by Gasteiger charge is 2.37. The fraction of sp³-hybridized carbons (Fsp3) is 0.148. The van der Waals surface area contributed by atoms with Gasteiger partial charge < -0.3 is 10.1 Å². The lowest BCUT2D eigenvalue weighted by Crippen LogP contribution is -2.52. The number of halogens is 1. The molecular formula is C27H22ClN3O3S. The molecule has 1 N–H and O–H groups in total. The maximum absolute atomic E-state index is 13.2. The second kappa shape index (κ2) is 9.52. The van der Waals surface area contributed by atoms with Crippen LogP contribution in [-0.4, -0.2) is 28.9 Å². The van der Waals surface area contributed by atoms with Gasteiger partial charge in [-0.25, -0.2) is 4.98 Å². The highest BCUT2D eigenvalue weighted by molar-refractivity contribution is 7.13. The van der Waals surface area contributed by atoms with Crippen LogP contribution in [0, 0.1) is 0 Å². The van der Waals surface area contributed by atoms with Crippen molar-refractivity contribution < 1.29 is 14.3 Å². The number of thiazole rings is 1. The largest absolute Gasteiger partial charge is 0.479 e. The molecule has 0 radical (unpaired) electrons. The molecule has 0 saturated carbocycles. The van der Waals surface area contributed by atoms with Gasteiger partial charge >= 0.3 is 0 Å². The van der Waals surface area contributed by atoms with E-state index in [1.54, 1.807) is 49.4 Å². The lowest BCUT2D eigenvalue weighted by Gasteiger charge is -2.36. The maximum atomic E-state index is 13.2. The van der Waals surface area contributed by atoms with E-state index in [2.05, 4.69) is 5.32 Å². The number of hydrogen-bond acceptors (Lipinski definition) is 5. The molecule has 0 aliphatic carbocycles. The molecule has 0 fully saturated rings. The Morgan fingerprint density at radius 3 is 2.60 bits per heavy atom. The van der Waals surface area contributed by atoms with Crippen molar-refractivity contribution in [1.29, 1.82) is 0 Å². The van der Waals surface area contributed by atoms with Crippen LogP contribution in [0.15, 0.2) is 78.2 Å². The fourth-order valence-electron chi connectivity index (χ4n) is 3.96. The fourth-order valence-corrected chi connectivity index (χ4v) is 4.97. The summed E-state index contributed by atoms with van der Waals surface area (Å²) in [7, 11) is 0. The van der Waals surface area contributed by atoms with Gasteiger partial charge in [-0.15, -0.1) is 11.3 Å². The Kier molecular flexibility index (Phi) is 6.28. The first kappa shape index (κ1) is 23.1. The van der Waals surface area contributed by atoms with Gasteiger partial charge in [0.1, 0.15) is 16.8 Å². The number of nitrogens with one attached hydrogen (secondary N) is 1. The molecule has 1 aromatic heterocycles. The molecule has 4 aromatic rings. The summed E-state index contributed by atoms with van der Waals surface area (Å²) in [6.07, 6.45) is -0.715. The summed E-state index contributed by atoms with van der Waals surface area (Å²) >= 11 is 7.76. The zero-order valence-corrected chi connectivity index (χ0v) is 20.6. The summed E-state index contributed by atoms with van der Waals surface area (Å²) in [5, 5.41) is 6.14. The average Bonchev–Trinajstić information content (AvgIpc) is 3.37. The maximum Gasteiger partial charge on any atom is 0.268 e. The number of amides is 2. The van der Waals surface area contributed by atoms with Crippen LogP contribution in [0.2, 0.25) is 5.02 Å². The first-order valence-corrected chi connectivity index (χ1v) is 12.4. The minimum atomic E-state index is -0.797. The number of hydrogen-bond donors (Lipinski definition) is 1. The van der Waals surface area contributed by atoms with Crippen LogP contribution >= 0.6 is 22.9 Å². The Morgan fingerprint density at radius 1 is 1.09 bits per heavy atom. The number of carbonyl (C=O) groups is 2. The molecule has 2 amide bonds. The number of aromatic nitrogens is 1. The number of carbonyl (C=O) groups excluding carboxylic acids is 2. The van der Waals surface area contributed by atoms with Gasteiger partial charge in [-0.2, -0.15) is 0 Å². The van der Waals surface area contributed by atoms with Crippen LogP contribution < -0.4 is 15.0 Å². The predicted octanol–water partition coefficient (Wildman–Crippen LogP) is 6.27. The van der Waals surface area contributed by atoms with Gasteiger partial charge in [-0.3, -0.25) is 14.5 Å². The van der Waals surface area contributed by atoms with Gasteiger partial charge in [0.05, 0.1) is 22.1 Å². The van der Waals surface area contributed by atoms with E-state index in [1.165, 1.54) is 4.90 Å². The first-order chi connectivity index (χ1) is 16.9. The molecule has 2 heterocycles. The minimum Gasteiger partial charge on any atom is -0.479 e. The summed E-state index contributed by atoms with van der Waals surface area (Å²) in [6.45, 7) is 3.37. The molecule has 3 aromatic carbocycles. The number of para-hydroxylation sites is 1. The molecular weight excluding hydrogens is 482 g/mol. The predicted molar refractivity (Wildman–Crippen MR) is 140 cm³/mol. The Balaban J connectivity index is 1.48. The van der Waals surface area contributed by atoms with Gasteiger partial charge in [0.25, 0.3) is 5.91 Å². The summed E-state index contributed by atoms with van der Waals surface area (Å²) < 4.78 is 5.85. The van der Waals surface area contributed by atoms with E-state index in [0.29, 0.717) is 22.1 Å². The number of benzene rings is 3. The van der Waals surface area contributed by atoms with E-state index < -0.39 is 12.1 Å². The van der Waals surface area contributed by atoms with Crippen molar-refractivity contribution >= 4 is 46.1 Å². The Hall–Kier alpha value is -3.68. The normalized spacial score (nSPS) is 15.8. The number of rotatable bonds is 5. The van der Waals surface area contributed by atoms with Crippen molar-refractivity contribution in [2.75, 3.05) is 10.2 Å². The Bertz CT molecular complexity index is 1410. The molecule has 176 valence electrons. The number of nitrogens with zero attached hydrogens (tertiary/aromatic N) is 2. The van der Waals surface area contributed by atoms with E-state index in [9.17, 15) is 9.59 Å². The molecule has 2 unspecified atom stereocenters. The van der Waals surface area contributed by atoms with Crippen LogP contribution in [0.3, 0.4) is 0 Å². The van der Waals surface area contributed by atoms with Gasteiger partial charge in [0, 0.05) is 16.5 Å². The highest BCUT2D eigenvalue weighted by Crippen LogP contribution is 2.39. The molecule has 5 rings (SSSR count). The van der Waals surface area contributed by atoms with Crippen molar-refractivity contribution in [3.05, 3.63) is 83.2 Å². The van der Waals surface area contributed by atoms with Crippen molar-refractivity contribution in [3.8, 4) is 27.6 Å². The minimum absolute atomic E-state index is 0.292. The van der Waals surface area contributed by atoms with Gasteiger partial charge in [0.2, 0.25) is 5.91 Å². The van der Waals surface area contributed by atoms with Crippen LogP contribution in [0.4, 0.5) is 11.4 Å². The molecule has 2 atom stereocenters. The van der Waals surface area contributed by atoms with Crippen LogP contribution in [0.1, 0.15) is 13.8 Å². The van der Waals surface area contributed by atoms with Crippen molar-refractivity contribution in [2.45, 2.75) is 26.0 Å². The summed E-state index contributed by atoms with van der Waals surface area (Å²) in [4.78, 5) is 32.6. The third-order valence-corrected chi connectivity index (χ3v) is 7.05. The van der Waals surface area contributed by atoms with E-state index in [1.807, 2.05) is 53.9 Å². The van der Waals surface area contributed by atoms with Crippen LogP contribution in [0.5, 0.6) is 5.75 Å². The van der Waals surface area contributed by atoms with E-state index in [4.69, 9.17) is 21.3 Å². The lowest BCUT2D eigenvalue weighted by molar-refractivity contribution is -0.128. The number of anilines is 2. The van der Waals surface area contributed by atoms with E-state index in [-0.39, 0.29) is 11.8 Å². The molecule has 35 heavy (non-hydrogen) atoms. The summed E-state index contributed by atoms with van der Waals surface area (Å²) in [6, 6.07) is 21.7. The third-order valence-electron chi connectivity index (χ3n) is 5.83. The second-order valence-corrected chi connectivity index (χ2v) is 9.47. The van der Waals surface area contributed by atoms with Gasteiger partial charge in [-0.05, 0) is 44.2 Å². The molecule has 6 nitrogen and oxygen atoms in total. The molecule has 0 saturated heterocycles. The SMILES string of the molecule is CC1Oc2ccc(-c3csc(-c4ccccc4)n3)cc2N(C(C)C(=O)Nc2ccccc2Cl)C1=O. The standard InChI is InChI=1S/C27H22ClN3O3S/c1-16(25(32)29-21-11-7-6-10-20(21)28)31-23-14-19(12-13-24(23)34-17(2)27(31)33)22-15-35-26(30-22)18-8-4-3-5-9-18/h3-17H,1-2H3,(H,29,32). The summed E-state index contributed by atoms with van der Waals surface area (Å²) in [5.74, 6) is -0.103. The molecule has 0 bridgehead atoms. The molecule has 0 spiro atoms.